The van der Waals surface area contributed by atoms with E-state index in [1.807, 2.05) is 0 Å². The maximum atomic E-state index is 11.5. The lowest BCUT2D eigenvalue weighted by molar-refractivity contribution is -0.192. The Kier molecular flexibility index (Phi) is 13.3. The van der Waals surface area contributed by atoms with Crippen LogP contribution in [0.3, 0.4) is 0 Å². The van der Waals surface area contributed by atoms with Crippen LogP contribution in [0.1, 0.15) is 110 Å². The summed E-state index contributed by atoms with van der Waals surface area (Å²) < 4.78 is 29.9. The van der Waals surface area contributed by atoms with Crippen LogP contribution in [0.25, 0.3) is 0 Å². The number of carbonyl (C=O) groups is 1. The van der Waals surface area contributed by atoms with Crippen molar-refractivity contribution in [3.05, 3.63) is 12.2 Å². The average Bonchev–Trinajstić information content (AvgIpc) is 3.47. The monoisotopic (exact) mass is 552 g/mol. The molecule has 0 N–H and O–H groups in total. The van der Waals surface area contributed by atoms with Crippen LogP contribution in [0.4, 0.5) is 0 Å². The summed E-state index contributed by atoms with van der Waals surface area (Å²) in [6, 6.07) is 0. The van der Waals surface area contributed by atoms with Crippen LogP contribution in [0.5, 0.6) is 0 Å². The molecule has 4 aliphatic rings. The summed E-state index contributed by atoms with van der Waals surface area (Å²) in [7, 11) is 1.47. The molecule has 4 fully saturated rings. The SMILES string of the molecule is CCCCC[C@@H](C=C[C@@H]1[C@H]2CC(CCCCC(=O)OC)S[C@@H]2C[C@H]1OC1CCCCO1)OC1CCCCO1. The number of esters is 1. The Hall–Kier alpha value is -0.600. The third-order valence-corrected chi connectivity index (χ3v) is 10.4. The lowest BCUT2D eigenvalue weighted by atomic mass is 9.88. The van der Waals surface area contributed by atoms with Gasteiger partial charge in [0, 0.05) is 36.1 Å². The summed E-state index contributed by atoms with van der Waals surface area (Å²) >= 11 is 2.17. The molecule has 0 bridgehead atoms. The summed E-state index contributed by atoms with van der Waals surface area (Å²) in [6.07, 6.45) is 22.5. The molecule has 38 heavy (non-hydrogen) atoms. The Morgan fingerprint density at radius 2 is 1.79 bits per heavy atom. The molecule has 0 aromatic heterocycles. The van der Waals surface area contributed by atoms with Gasteiger partial charge in [-0.1, -0.05) is 44.8 Å². The molecule has 6 nitrogen and oxygen atoms in total. The number of fused-ring (bicyclic) bond motifs is 1. The minimum absolute atomic E-state index is 0.0464. The van der Waals surface area contributed by atoms with Crippen molar-refractivity contribution in [2.75, 3.05) is 20.3 Å². The van der Waals surface area contributed by atoms with Crippen LogP contribution in [-0.4, -0.2) is 61.6 Å². The van der Waals surface area contributed by atoms with E-state index in [2.05, 4.69) is 30.8 Å². The fourth-order valence-corrected chi connectivity index (χ4v) is 8.51. The van der Waals surface area contributed by atoms with E-state index in [9.17, 15) is 4.79 Å². The number of hydrogen-bond donors (Lipinski definition) is 0. The fraction of sp³-hybridized carbons (Fsp3) is 0.903. The largest absolute Gasteiger partial charge is 0.469 e. The van der Waals surface area contributed by atoms with Crippen molar-refractivity contribution >= 4 is 17.7 Å². The van der Waals surface area contributed by atoms with Crippen LogP contribution < -0.4 is 0 Å². The second kappa shape index (κ2) is 16.6. The summed E-state index contributed by atoms with van der Waals surface area (Å²) in [5, 5.41) is 1.32. The molecular weight excluding hydrogens is 500 g/mol. The Balaban J connectivity index is 1.37. The third-order valence-electron chi connectivity index (χ3n) is 8.72. The zero-order valence-electron chi connectivity index (χ0n) is 23.9. The molecule has 1 aliphatic carbocycles. The van der Waals surface area contributed by atoms with Crippen molar-refractivity contribution in [3.8, 4) is 0 Å². The average molecular weight is 553 g/mol. The van der Waals surface area contributed by atoms with E-state index in [4.69, 9.17) is 23.7 Å². The van der Waals surface area contributed by atoms with Crippen LogP contribution >= 0.6 is 11.8 Å². The quantitative estimate of drug-likeness (QED) is 0.121. The van der Waals surface area contributed by atoms with Gasteiger partial charge < -0.3 is 23.7 Å². The molecule has 3 unspecified atom stereocenters. The van der Waals surface area contributed by atoms with E-state index < -0.39 is 0 Å². The predicted molar refractivity (Wildman–Crippen MR) is 152 cm³/mol. The first-order valence-electron chi connectivity index (χ1n) is 15.6. The Morgan fingerprint density at radius 1 is 1.00 bits per heavy atom. The van der Waals surface area contributed by atoms with E-state index in [1.165, 1.54) is 52.1 Å². The molecular formula is C31H52O6S. The van der Waals surface area contributed by atoms with Crippen molar-refractivity contribution in [2.45, 2.75) is 145 Å². The first-order chi connectivity index (χ1) is 18.7. The Bertz CT molecular complexity index is 704. The normalized spacial score (nSPS) is 34.4. The van der Waals surface area contributed by atoms with E-state index >= 15 is 0 Å². The minimum atomic E-state index is -0.0922. The van der Waals surface area contributed by atoms with Crippen LogP contribution in [0, 0.1) is 11.8 Å². The number of carbonyl (C=O) groups excluding carboxylic acids is 1. The number of methoxy groups -OCH3 is 1. The molecule has 4 rings (SSSR count). The number of thioether (sulfide) groups is 1. The van der Waals surface area contributed by atoms with Gasteiger partial charge >= 0.3 is 5.97 Å². The van der Waals surface area contributed by atoms with Gasteiger partial charge in [-0.2, -0.15) is 11.8 Å². The number of ether oxygens (including phenoxy) is 5. The van der Waals surface area contributed by atoms with Gasteiger partial charge in [0.25, 0.3) is 0 Å². The van der Waals surface area contributed by atoms with Crippen LogP contribution in [-0.2, 0) is 28.5 Å². The summed E-state index contributed by atoms with van der Waals surface area (Å²) in [5.41, 5.74) is 0. The molecule has 3 heterocycles. The first kappa shape index (κ1) is 30.4. The second-order valence-corrected chi connectivity index (χ2v) is 13.2. The summed E-state index contributed by atoms with van der Waals surface area (Å²) in [4.78, 5) is 11.5. The molecule has 3 saturated heterocycles. The Morgan fingerprint density at radius 3 is 2.50 bits per heavy atom. The Labute approximate surface area is 235 Å². The molecule has 0 spiro atoms. The number of hydrogen-bond acceptors (Lipinski definition) is 7. The minimum Gasteiger partial charge on any atom is -0.469 e. The fourth-order valence-electron chi connectivity index (χ4n) is 6.58. The molecule has 7 heteroatoms. The van der Waals surface area contributed by atoms with Gasteiger partial charge in [-0.3, -0.25) is 4.79 Å². The number of rotatable bonds is 15. The molecule has 1 saturated carbocycles. The molecule has 0 aromatic carbocycles. The smallest absolute Gasteiger partial charge is 0.305 e. The van der Waals surface area contributed by atoms with Crippen molar-refractivity contribution < 1.29 is 28.5 Å². The predicted octanol–water partition coefficient (Wildman–Crippen LogP) is 7.19. The zero-order chi connectivity index (χ0) is 26.6. The van der Waals surface area contributed by atoms with Gasteiger partial charge in [0.15, 0.2) is 12.6 Å². The standard InChI is InChI=1S/C31H52O6S/c1-3-4-5-12-23(36-30-15-8-10-19-34-30)17-18-25-26-21-24(13-6-7-14-29(32)33-2)38-28(26)22-27(25)37-31-16-9-11-20-35-31/h17-18,23-28,30-31H,3-16,19-22H2,1-2H3/t23-,24?,25+,26+,27+,28+,30?,31?/m0/s1. The molecule has 218 valence electrons. The van der Waals surface area contributed by atoms with E-state index in [1.54, 1.807) is 0 Å². The van der Waals surface area contributed by atoms with E-state index in [0.29, 0.717) is 28.8 Å². The van der Waals surface area contributed by atoms with Crippen LogP contribution in [0.2, 0.25) is 0 Å². The van der Waals surface area contributed by atoms with E-state index in [0.717, 1.165) is 64.6 Å². The third kappa shape index (κ3) is 9.50. The van der Waals surface area contributed by atoms with Crippen LogP contribution in [0.15, 0.2) is 12.2 Å². The lowest BCUT2D eigenvalue weighted by Gasteiger charge is -2.30. The van der Waals surface area contributed by atoms with Gasteiger partial charge in [-0.15, -0.1) is 0 Å². The van der Waals surface area contributed by atoms with Gasteiger partial charge in [-0.25, -0.2) is 0 Å². The molecule has 8 atom stereocenters. The highest BCUT2D eigenvalue weighted by molar-refractivity contribution is 8.00. The highest BCUT2D eigenvalue weighted by Gasteiger charge is 2.49. The molecule has 0 radical (unpaired) electrons. The van der Waals surface area contributed by atoms with Gasteiger partial charge in [-0.05, 0) is 76.5 Å². The first-order valence-corrected chi connectivity index (χ1v) is 16.5. The molecule has 0 amide bonds. The lowest BCUT2D eigenvalue weighted by Crippen LogP contribution is -2.31. The topological polar surface area (TPSA) is 63.2 Å². The zero-order valence-corrected chi connectivity index (χ0v) is 24.7. The van der Waals surface area contributed by atoms with Crippen molar-refractivity contribution in [1.29, 1.82) is 0 Å². The van der Waals surface area contributed by atoms with Crippen molar-refractivity contribution in [1.82, 2.24) is 0 Å². The highest BCUT2D eigenvalue weighted by Crippen LogP contribution is 2.53. The number of unbranched alkanes of at least 4 members (excludes halogenated alkanes) is 3. The van der Waals surface area contributed by atoms with E-state index in [-0.39, 0.29) is 30.8 Å². The summed E-state index contributed by atoms with van der Waals surface area (Å²) in [6.45, 7) is 3.90. The summed E-state index contributed by atoms with van der Waals surface area (Å²) in [5.74, 6) is 0.950. The second-order valence-electron chi connectivity index (χ2n) is 11.7. The van der Waals surface area contributed by atoms with Gasteiger partial charge in [0.05, 0.1) is 19.3 Å². The maximum absolute atomic E-state index is 11.5. The van der Waals surface area contributed by atoms with Gasteiger partial charge in [0.2, 0.25) is 0 Å². The molecule has 3 aliphatic heterocycles. The van der Waals surface area contributed by atoms with Crippen molar-refractivity contribution in [2.24, 2.45) is 11.8 Å². The van der Waals surface area contributed by atoms with Gasteiger partial charge in [0.1, 0.15) is 0 Å². The maximum Gasteiger partial charge on any atom is 0.305 e. The highest BCUT2D eigenvalue weighted by atomic mass is 32.2. The van der Waals surface area contributed by atoms with Crippen molar-refractivity contribution in [3.63, 3.8) is 0 Å². The molecule has 0 aromatic rings.